The minimum atomic E-state index is -0.500. The monoisotopic (exact) mass is 149 g/mol. The molecular weight excluding hydrogens is 138 g/mol. The lowest BCUT2D eigenvalue weighted by Gasteiger charge is -1.89. The number of nitrogens with zero attached hydrogens (tertiary/aromatic N) is 1. The van der Waals surface area contributed by atoms with Crippen molar-refractivity contribution < 1.29 is 14.5 Å². The van der Waals surface area contributed by atoms with Crippen LogP contribution in [0.4, 0.5) is 0 Å². The first-order valence-electron chi connectivity index (χ1n) is 2.72. The number of carbonyl (C=O) groups is 1. The number of nitro groups is 1. The van der Waals surface area contributed by atoms with Crippen LogP contribution in [-0.2, 0) is 9.53 Å². The molecule has 0 heterocycles. The average molecular weight is 149 g/mol. The molecule has 5 nitrogen and oxygen atoms in total. The summed E-state index contributed by atoms with van der Waals surface area (Å²) in [5, 5.41) is 8.81. The maximum Gasteiger partial charge on any atom is 0.302 e. The highest BCUT2D eigenvalue weighted by atomic mass is 16.6. The van der Waals surface area contributed by atoms with E-state index in [1.165, 1.54) is 6.92 Å². The van der Waals surface area contributed by atoms with Crippen molar-refractivity contribution in [2.24, 2.45) is 0 Å². The van der Waals surface area contributed by atoms with Crippen LogP contribution in [0.25, 0.3) is 0 Å². The normalized spacial score (nSPS) is 7.10. The summed E-state index contributed by atoms with van der Waals surface area (Å²) >= 11 is 0. The molecule has 0 spiro atoms. The van der Waals surface area contributed by atoms with Crippen LogP contribution in [0.5, 0.6) is 0 Å². The summed E-state index contributed by atoms with van der Waals surface area (Å²) in [6.45, 7) is 3.65. The van der Waals surface area contributed by atoms with E-state index in [0.717, 1.165) is 7.05 Å². The standard InChI is InChI=1S/C4H8O2.CH3NO2/c1-3-6-4(2)5;1-2(3)4/h3H2,1-2H3;1H3. The van der Waals surface area contributed by atoms with Gasteiger partial charge in [-0.15, -0.1) is 0 Å². The smallest absolute Gasteiger partial charge is 0.302 e. The Bertz CT molecular complexity index is 108. The third kappa shape index (κ3) is 67.7. The van der Waals surface area contributed by atoms with Gasteiger partial charge in [-0.1, -0.05) is 0 Å². The van der Waals surface area contributed by atoms with E-state index in [9.17, 15) is 4.79 Å². The van der Waals surface area contributed by atoms with Gasteiger partial charge in [0.1, 0.15) is 0 Å². The lowest BCUT2D eigenvalue weighted by Crippen LogP contribution is -1.95. The lowest BCUT2D eigenvalue weighted by atomic mass is 10.8. The van der Waals surface area contributed by atoms with E-state index in [0.29, 0.717) is 6.61 Å². The Hall–Kier alpha value is -1.13. The van der Waals surface area contributed by atoms with Gasteiger partial charge >= 0.3 is 5.97 Å². The molecular formula is C5H11NO4. The van der Waals surface area contributed by atoms with Crippen LogP contribution in [-0.4, -0.2) is 24.5 Å². The Morgan fingerprint density at radius 1 is 1.70 bits per heavy atom. The summed E-state index contributed by atoms with van der Waals surface area (Å²) in [6, 6.07) is 0. The van der Waals surface area contributed by atoms with Crippen molar-refractivity contribution in [2.45, 2.75) is 13.8 Å². The maximum absolute atomic E-state index is 9.82. The number of esters is 1. The molecule has 0 aliphatic carbocycles. The molecule has 0 rings (SSSR count). The maximum atomic E-state index is 9.82. The first kappa shape index (κ1) is 11.6. The average Bonchev–Trinajstić information content (AvgIpc) is 1.62. The number of hydrogen-bond acceptors (Lipinski definition) is 4. The van der Waals surface area contributed by atoms with Crippen molar-refractivity contribution in [3.05, 3.63) is 10.1 Å². The Morgan fingerprint density at radius 3 is 2.00 bits per heavy atom. The largest absolute Gasteiger partial charge is 0.466 e. The van der Waals surface area contributed by atoms with Gasteiger partial charge in [0.15, 0.2) is 7.05 Å². The summed E-state index contributed by atoms with van der Waals surface area (Å²) < 4.78 is 4.40. The number of ether oxygens (including phenoxy) is 1. The molecule has 0 aromatic rings. The molecule has 0 bridgehead atoms. The zero-order valence-corrected chi connectivity index (χ0v) is 6.29. The molecule has 0 aliphatic heterocycles. The van der Waals surface area contributed by atoms with Gasteiger partial charge in [0, 0.05) is 11.8 Å². The van der Waals surface area contributed by atoms with Crippen LogP contribution in [0.2, 0.25) is 0 Å². The number of rotatable bonds is 1. The SMILES string of the molecule is CCOC(C)=O.C[N+](=O)[O-]. The van der Waals surface area contributed by atoms with Crippen molar-refractivity contribution in [3.8, 4) is 0 Å². The molecule has 5 heteroatoms. The van der Waals surface area contributed by atoms with Crippen molar-refractivity contribution >= 4 is 5.97 Å². The highest BCUT2D eigenvalue weighted by Crippen LogP contribution is 1.69. The Morgan fingerprint density at radius 2 is 2.00 bits per heavy atom. The van der Waals surface area contributed by atoms with Gasteiger partial charge in [-0.2, -0.15) is 0 Å². The molecule has 0 fully saturated rings. The molecule has 10 heavy (non-hydrogen) atoms. The molecule has 0 aromatic carbocycles. The van der Waals surface area contributed by atoms with Crippen molar-refractivity contribution in [1.82, 2.24) is 0 Å². The van der Waals surface area contributed by atoms with Gasteiger partial charge in [-0.25, -0.2) is 0 Å². The molecule has 0 N–H and O–H groups in total. The molecule has 0 aromatic heterocycles. The summed E-state index contributed by atoms with van der Waals surface area (Å²) in [5.74, 6) is -0.211. The molecule has 0 radical (unpaired) electrons. The molecule has 0 saturated heterocycles. The van der Waals surface area contributed by atoms with Crippen LogP contribution < -0.4 is 0 Å². The summed E-state index contributed by atoms with van der Waals surface area (Å²) in [4.78, 5) is 18.1. The van der Waals surface area contributed by atoms with Crippen molar-refractivity contribution in [2.75, 3.05) is 13.7 Å². The van der Waals surface area contributed by atoms with Gasteiger partial charge in [-0.05, 0) is 6.92 Å². The fourth-order valence-corrected chi connectivity index (χ4v) is 0.203. The first-order valence-corrected chi connectivity index (χ1v) is 2.72. The highest BCUT2D eigenvalue weighted by Gasteiger charge is 1.81. The third-order valence-electron chi connectivity index (χ3n) is 0.348. The fraction of sp³-hybridized carbons (Fsp3) is 0.800. The Labute approximate surface area is 59.1 Å². The number of carbonyl (C=O) groups excluding carboxylic acids is 1. The highest BCUT2D eigenvalue weighted by molar-refractivity contribution is 5.65. The second-order valence-corrected chi connectivity index (χ2v) is 1.36. The fourth-order valence-electron chi connectivity index (χ4n) is 0.203. The van der Waals surface area contributed by atoms with E-state index in [2.05, 4.69) is 4.74 Å². The Kier molecular flexibility index (Phi) is 9.16. The molecule has 0 aliphatic rings. The van der Waals surface area contributed by atoms with E-state index < -0.39 is 4.92 Å². The van der Waals surface area contributed by atoms with E-state index in [4.69, 9.17) is 10.1 Å². The van der Waals surface area contributed by atoms with E-state index >= 15 is 0 Å². The minimum Gasteiger partial charge on any atom is -0.466 e. The van der Waals surface area contributed by atoms with Crippen LogP contribution in [0.15, 0.2) is 0 Å². The summed E-state index contributed by atoms with van der Waals surface area (Å²) in [5.41, 5.74) is 0. The topological polar surface area (TPSA) is 69.4 Å². The zero-order chi connectivity index (χ0) is 8.57. The first-order chi connectivity index (χ1) is 4.50. The van der Waals surface area contributed by atoms with Crippen LogP contribution >= 0.6 is 0 Å². The van der Waals surface area contributed by atoms with Crippen LogP contribution in [0.3, 0.4) is 0 Å². The summed E-state index contributed by atoms with van der Waals surface area (Å²) in [6.07, 6.45) is 0. The van der Waals surface area contributed by atoms with E-state index in [1.807, 2.05) is 0 Å². The molecule has 0 saturated carbocycles. The van der Waals surface area contributed by atoms with E-state index in [1.54, 1.807) is 6.92 Å². The van der Waals surface area contributed by atoms with Gasteiger partial charge in [0.2, 0.25) is 0 Å². The number of hydrogen-bond donors (Lipinski definition) is 0. The van der Waals surface area contributed by atoms with E-state index in [-0.39, 0.29) is 5.97 Å². The molecule has 60 valence electrons. The zero-order valence-electron chi connectivity index (χ0n) is 6.29. The lowest BCUT2D eigenvalue weighted by molar-refractivity contribution is -0.445. The predicted molar refractivity (Wildman–Crippen MR) is 35.2 cm³/mol. The van der Waals surface area contributed by atoms with Gasteiger partial charge in [-0.3, -0.25) is 14.9 Å². The predicted octanol–water partition coefficient (Wildman–Crippen LogP) is 0.462. The molecule has 0 amide bonds. The summed E-state index contributed by atoms with van der Waals surface area (Å²) in [7, 11) is 0.889. The Balaban J connectivity index is 0. The van der Waals surface area contributed by atoms with Crippen molar-refractivity contribution in [3.63, 3.8) is 0 Å². The third-order valence-corrected chi connectivity index (χ3v) is 0.348. The second-order valence-electron chi connectivity index (χ2n) is 1.36. The molecule has 0 atom stereocenters. The quantitative estimate of drug-likeness (QED) is 0.308. The molecule has 0 unspecified atom stereocenters. The van der Waals surface area contributed by atoms with Gasteiger partial charge in [0.25, 0.3) is 0 Å². The minimum absolute atomic E-state index is 0.211. The van der Waals surface area contributed by atoms with Gasteiger partial charge < -0.3 is 4.74 Å². The van der Waals surface area contributed by atoms with Crippen molar-refractivity contribution in [1.29, 1.82) is 0 Å². The van der Waals surface area contributed by atoms with Crippen LogP contribution in [0, 0.1) is 10.1 Å². The van der Waals surface area contributed by atoms with Crippen LogP contribution in [0.1, 0.15) is 13.8 Å². The van der Waals surface area contributed by atoms with Gasteiger partial charge in [0.05, 0.1) is 6.61 Å². The second kappa shape index (κ2) is 7.87.